The first kappa shape index (κ1) is 8.93. The topological polar surface area (TPSA) is 40.4 Å². The van der Waals surface area contributed by atoms with Gasteiger partial charge in [-0.15, -0.1) is 0 Å². The lowest BCUT2D eigenvalue weighted by atomic mass is 10.2. The van der Waals surface area contributed by atoms with E-state index in [1.54, 1.807) is 19.1 Å². The number of carbonyl (C=O) groups excluding carboxylic acids is 1. The van der Waals surface area contributed by atoms with Gasteiger partial charge in [0.15, 0.2) is 0 Å². The third-order valence-corrected chi connectivity index (χ3v) is 1.49. The zero-order valence-corrected chi connectivity index (χ0v) is 7.43. The second-order valence-electron chi connectivity index (χ2n) is 2.11. The fourth-order valence-corrected chi connectivity index (χ4v) is 0.836. The molecule has 0 aliphatic carbocycles. The highest BCUT2D eigenvalue weighted by Crippen LogP contribution is 2.04. The average Bonchev–Trinajstić information content (AvgIpc) is 2.06. The summed E-state index contributed by atoms with van der Waals surface area (Å²) in [5.41, 5.74) is 0.436. The first-order valence-corrected chi connectivity index (χ1v) is 3.95. The van der Waals surface area contributed by atoms with Crippen molar-refractivity contribution >= 4 is 23.2 Å². The summed E-state index contributed by atoms with van der Waals surface area (Å²) in [6.07, 6.45) is 4.62. The third-order valence-electron chi connectivity index (χ3n) is 1.25. The van der Waals surface area contributed by atoms with E-state index in [-0.39, 0.29) is 5.97 Å². The summed E-state index contributed by atoms with van der Waals surface area (Å²) >= 11 is 4.76. The van der Waals surface area contributed by atoms with Gasteiger partial charge >= 0.3 is 5.97 Å². The van der Waals surface area contributed by atoms with Crippen LogP contribution < -0.4 is 5.32 Å². The van der Waals surface area contributed by atoms with Crippen LogP contribution in [0.15, 0.2) is 23.9 Å². The van der Waals surface area contributed by atoms with Crippen LogP contribution >= 0.6 is 12.2 Å². The lowest BCUT2D eigenvalue weighted by Gasteiger charge is -2.05. The molecular formula is C8H8NO2S. The predicted molar refractivity (Wildman–Crippen MR) is 48.6 cm³/mol. The van der Waals surface area contributed by atoms with Gasteiger partial charge in [-0.05, 0) is 19.1 Å². The number of hydrogen-bond donors (Lipinski definition) is 0. The molecule has 1 rings (SSSR count). The van der Waals surface area contributed by atoms with Crippen LogP contribution in [0.4, 0.5) is 0 Å². The molecule has 0 N–H and O–H groups in total. The van der Waals surface area contributed by atoms with E-state index in [1.165, 1.54) is 6.20 Å². The SMILES string of the molecule is CCOC(=O)C1=C[N]C(=S)C=C1. The maximum atomic E-state index is 11.1. The first-order valence-electron chi connectivity index (χ1n) is 3.54. The molecule has 1 aliphatic heterocycles. The molecular weight excluding hydrogens is 174 g/mol. The number of hydrogen-bond acceptors (Lipinski definition) is 3. The van der Waals surface area contributed by atoms with Crippen LogP contribution in [-0.2, 0) is 9.53 Å². The largest absolute Gasteiger partial charge is 0.462 e. The van der Waals surface area contributed by atoms with E-state index < -0.39 is 0 Å². The quantitative estimate of drug-likeness (QED) is 0.471. The lowest BCUT2D eigenvalue weighted by Crippen LogP contribution is -2.14. The third kappa shape index (κ3) is 2.17. The number of rotatable bonds is 2. The van der Waals surface area contributed by atoms with E-state index in [0.29, 0.717) is 17.2 Å². The number of nitrogens with zero attached hydrogens (tertiary/aromatic N) is 1. The molecule has 63 valence electrons. The van der Waals surface area contributed by atoms with Crippen molar-refractivity contribution < 1.29 is 9.53 Å². The smallest absolute Gasteiger partial charge is 0.339 e. The Hall–Kier alpha value is -1.16. The van der Waals surface area contributed by atoms with Gasteiger partial charge in [-0.25, -0.2) is 10.1 Å². The van der Waals surface area contributed by atoms with Gasteiger partial charge < -0.3 is 4.74 Å². The highest BCUT2D eigenvalue weighted by Gasteiger charge is 2.10. The average molecular weight is 182 g/mol. The number of ether oxygens (including phenoxy) is 1. The maximum absolute atomic E-state index is 11.1. The zero-order valence-electron chi connectivity index (χ0n) is 6.61. The molecule has 0 amide bonds. The molecule has 0 saturated heterocycles. The summed E-state index contributed by atoms with van der Waals surface area (Å²) in [6, 6.07) is 0. The lowest BCUT2D eigenvalue weighted by molar-refractivity contribution is -0.138. The van der Waals surface area contributed by atoms with Crippen LogP contribution in [0.1, 0.15) is 6.92 Å². The van der Waals surface area contributed by atoms with Crippen LogP contribution in [0.5, 0.6) is 0 Å². The second-order valence-corrected chi connectivity index (χ2v) is 2.52. The van der Waals surface area contributed by atoms with Crippen LogP contribution in [0.2, 0.25) is 0 Å². The molecule has 1 heterocycles. The van der Waals surface area contributed by atoms with E-state index in [4.69, 9.17) is 17.0 Å². The summed E-state index contributed by atoms with van der Waals surface area (Å²) in [5, 5.41) is 3.80. The molecule has 4 heteroatoms. The molecule has 1 aliphatic rings. The number of carbonyl (C=O) groups is 1. The Morgan fingerprint density at radius 1 is 1.67 bits per heavy atom. The molecule has 0 atom stereocenters. The first-order chi connectivity index (χ1) is 5.74. The Balaban J connectivity index is 2.60. The van der Waals surface area contributed by atoms with Gasteiger partial charge in [0, 0.05) is 6.20 Å². The molecule has 0 spiro atoms. The number of esters is 1. The van der Waals surface area contributed by atoms with Gasteiger partial charge in [0.05, 0.1) is 12.2 Å². The minimum absolute atomic E-state index is 0.361. The molecule has 0 saturated carbocycles. The van der Waals surface area contributed by atoms with Crippen molar-refractivity contribution in [1.82, 2.24) is 5.32 Å². The Kier molecular flexibility index (Phi) is 2.99. The summed E-state index contributed by atoms with van der Waals surface area (Å²) in [4.78, 5) is 11.5. The summed E-state index contributed by atoms with van der Waals surface area (Å²) in [5.74, 6) is -0.361. The van der Waals surface area contributed by atoms with Gasteiger partial charge in [0.2, 0.25) is 0 Å². The molecule has 1 radical (unpaired) electrons. The highest BCUT2D eigenvalue weighted by molar-refractivity contribution is 7.80. The van der Waals surface area contributed by atoms with Crippen LogP contribution in [0.25, 0.3) is 0 Å². The molecule has 12 heavy (non-hydrogen) atoms. The summed E-state index contributed by atoms with van der Waals surface area (Å²) < 4.78 is 4.75. The normalized spacial score (nSPS) is 15.1. The minimum Gasteiger partial charge on any atom is -0.462 e. The maximum Gasteiger partial charge on any atom is 0.339 e. The van der Waals surface area contributed by atoms with Crippen molar-refractivity contribution in [2.45, 2.75) is 6.92 Å². The molecule has 0 fully saturated rings. The Morgan fingerprint density at radius 2 is 2.42 bits per heavy atom. The van der Waals surface area contributed by atoms with Crippen LogP contribution in [0, 0.1) is 0 Å². The summed E-state index contributed by atoms with van der Waals surface area (Å²) in [6.45, 7) is 2.13. The minimum atomic E-state index is -0.361. The molecule has 0 aromatic carbocycles. The van der Waals surface area contributed by atoms with Crippen LogP contribution in [0.3, 0.4) is 0 Å². The van der Waals surface area contributed by atoms with Crippen molar-refractivity contribution in [2.75, 3.05) is 6.61 Å². The van der Waals surface area contributed by atoms with Gasteiger partial charge in [-0.1, -0.05) is 12.2 Å². The Bertz CT molecular complexity index is 268. The van der Waals surface area contributed by atoms with E-state index >= 15 is 0 Å². The van der Waals surface area contributed by atoms with Crippen molar-refractivity contribution in [3.8, 4) is 0 Å². The van der Waals surface area contributed by atoms with Crippen LogP contribution in [-0.4, -0.2) is 17.6 Å². The van der Waals surface area contributed by atoms with Gasteiger partial charge in [-0.3, -0.25) is 0 Å². The van der Waals surface area contributed by atoms with Crippen molar-refractivity contribution in [2.24, 2.45) is 0 Å². The summed E-state index contributed by atoms with van der Waals surface area (Å²) in [7, 11) is 0. The zero-order chi connectivity index (χ0) is 8.97. The Labute approximate surface area is 76.1 Å². The van der Waals surface area contributed by atoms with Crippen molar-refractivity contribution in [1.29, 1.82) is 0 Å². The molecule has 0 bridgehead atoms. The fraction of sp³-hybridized carbons (Fsp3) is 0.250. The van der Waals surface area contributed by atoms with Crippen molar-refractivity contribution in [3.05, 3.63) is 23.9 Å². The predicted octanol–water partition coefficient (Wildman–Crippen LogP) is 0.935. The monoisotopic (exact) mass is 182 g/mol. The van der Waals surface area contributed by atoms with Gasteiger partial charge in [0.1, 0.15) is 4.99 Å². The van der Waals surface area contributed by atoms with E-state index in [1.807, 2.05) is 0 Å². The highest BCUT2D eigenvalue weighted by atomic mass is 32.1. The Morgan fingerprint density at radius 3 is 2.92 bits per heavy atom. The molecule has 0 unspecified atom stereocenters. The van der Waals surface area contributed by atoms with Gasteiger partial charge in [-0.2, -0.15) is 0 Å². The molecule has 0 aromatic heterocycles. The second kappa shape index (κ2) is 4.01. The van der Waals surface area contributed by atoms with E-state index in [9.17, 15) is 4.79 Å². The van der Waals surface area contributed by atoms with Crippen molar-refractivity contribution in [3.63, 3.8) is 0 Å². The van der Waals surface area contributed by atoms with Gasteiger partial charge in [0.25, 0.3) is 0 Å². The molecule has 0 aromatic rings. The molecule has 3 nitrogen and oxygen atoms in total. The number of thiocarbonyl (C=S) groups is 1. The standard InChI is InChI=1S/C8H8NO2S/c1-2-11-8(10)6-3-4-7(12)9-5-6/h3-5H,2H2,1H3. The fourth-order valence-electron chi connectivity index (χ4n) is 0.715. The van der Waals surface area contributed by atoms with E-state index in [0.717, 1.165) is 0 Å². The van der Waals surface area contributed by atoms with E-state index in [2.05, 4.69) is 5.32 Å².